The molecule has 0 saturated carbocycles. The van der Waals surface area contributed by atoms with Crippen molar-refractivity contribution in [1.82, 2.24) is 0 Å². The van der Waals surface area contributed by atoms with E-state index >= 15 is 0 Å². The molecular weight excluding hydrogens is 256 g/mol. The molecule has 106 valence electrons. The predicted molar refractivity (Wildman–Crippen MR) is 74.4 cm³/mol. The van der Waals surface area contributed by atoms with Crippen molar-refractivity contribution in [2.45, 2.75) is 32.3 Å². The zero-order valence-corrected chi connectivity index (χ0v) is 11.7. The molecule has 1 unspecified atom stereocenters. The van der Waals surface area contributed by atoms with Gasteiger partial charge >= 0.3 is 5.97 Å². The summed E-state index contributed by atoms with van der Waals surface area (Å²) < 4.78 is 10.5. The summed E-state index contributed by atoms with van der Waals surface area (Å²) in [5, 5.41) is 0. The fraction of sp³-hybridized carbons (Fsp3) is 0.375. The summed E-state index contributed by atoms with van der Waals surface area (Å²) in [4.78, 5) is 23.4. The van der Waals surface area contributed by atoms with Crippen molar-refractivity contribution in [2.75, 3.05) is 7.11 Å². The molecule has 0 N–H and O–H groups in total. The Hall–Kier alpha value is -2.10. The summed E-state index contributed by atoms with van der Waals surface area (Å²) in [5.74, 6) is 0.311. The standard InChI is InChI=1S/C16H18O4/c1-11(17)20-16(14-8-3-4-9-15(14)18)12-6-5-7-13(10-12)19-2/h5-8,10,16H,3-4,9H2,1-2H3. The molecule has 1 aromatic carbocycles. The van der Waals surface area contributed by atoms with Crippen LogP contribution in [0.3, 0.4) is 0 Å². The quantitative estimate of drug-likeness (QED) is 0.792. The third-order valence-corrected chi connectivity index (χ3v) is 3.26. The minimum atomic E-state index is -0.643. The summed E-state index contributed by atoms with van der Waals surface area (Å²) in [6.07, 6.45) is 3.43. The Kier molecular flexibility index (Phi) is 4.56. The summed E-state index contributed by atoms with van der Waals surface area (Å²) in [6, 6.07) is 7.25. The molecule has 1 aliphatic rings. The topological polar surface area (TPSA) is 52.6 Å². The molecule has 0 aromatic heterocycles. The molecule has 0 saturated heterocycles. The normalized spacial score (nSPS) is 16.3. The predicted octanol–water partition coefficient (Wildman–Crippen LogP) is 2.98. The second-order valence-corrected chi connectivity index (χ2v) is 4.74. The highest BCUT2D eigenvalue weighted by Gasteiger charge is 2.27. The van der Waals surface area contributed by atoms with Crippen LogP contribution in [0, 0.1) is 0 Å². The van der Waals surface area contributed by atoms with E-state index in [-0.39, 0.29) is 5.78 Å². The second kappa shape index (κ2) is 6.37. The van der Waals surface area contributed by atoms with Crippen LogP contribution < -0.4 is 4.74 Å². The van der Waals surface area contributed by atoms with E-state index < -0.39 is 12.1 Å². The molecule has 0 radical (unpaired) electrons. The molecule has 20 heavy (non-hydrogen) atoms. The van der Waals surface area contributed by atoms with Gasteiger partial charge in [0.1, 0.15) is 5.75 Å². The fourth-order valence-corrected chi connectivity index (χ4v) is 2.31. The van der Waals surface area contributed by atoms with Gasteiger partial charge in [-0.1, -0.05) is 18.2 Å². The maximum absolute atomic E-state index is 12.1. The lowest BCUT2D eigenvalue weighted by Crippen LogP contribution is -2.19. The third-order valence-electron chi connectivity index (χ3n) is 3.26. The highest BCUT2D eigenvalue weighted by atomic mass is 16.5. The van der Waals surface area contributed by atoms with Gasteiger partial charge in [0.2, 0.25) is 0 Å². The first kappa shape index (κ1) is 14.3. The van der Waals surface area contributed by atoms with Crippen molar-refractivity contribution in [3.63, 3.8) is 0 Å². The number of hydrogen-bond donors (Lipinski definition) is 0. The molecule has 4 nitrogen and oxygen atoms in total. The minimum absolute atomic E-state index is 0.0466. The number of ether oxygens (including phenoxy) is 2. The van der Waals surface area contributed by atoms with E-state index in [4.69, 9.17) is 9.47 Å². The fourth-order valence-electron chi connectivity index (χ4n) is 2.31. The number of rotatable bonds is 4. The molecular formula is C16H18O4. The summed E-state index contributed by atoms with van der Waals surface area (Å²) in [5.41, 5.74) is 1.32. The van der Waals surface area contributed by atoms with Crippen LogP contribution >= 0.6 is 0 Å². The molecule has 0 spiro atoms. The third kappa shape index (κ3) is 3.26. The Labute approximate surface area is 118 Å². The average molecular weight is 274 g/mol. The van der Waals surface area contributed by atoms with Crippen LogP contribution in [0.1, 0.15) is 37.9 Å². The van der Waals surface area contributed by atoms with Crippen molar-refractivity contribution < 1.29 is 19.1 Å². The van der Waals surface area contributed by atoms with Gasteiger partial charge in [0, 0.05) is 24.5 Å². The first-order chi connectivity index (χ1) is 9.61. The Morgan fingerprint density at radius 2 is 2.15 bits per heavy atom. The molecule has 2 rings (SSSR count). The second-order valence-electron chi connectivity index (χ2n) is 4.74. The number of esters is 1. The maximum Gasteiger partial charge on any atom is 0.303 e. The van der Waals surface area contributed by atoms with E-state index in [0.717, 1.165) is 18.4 Å². The Balaban J connectivity index is 2.38. The highest BCUT2D eigenvalue weighted by molar-refractivity contribution is 5.97. The molecule has 0 heterocycles. The van der Waals surface area contributed by atoms with Crippen LogP contribution in [0.5, 0.6) is 5.75 Å². The van der Waals surface area contributed by atoms with Crippen LogP contribution in [0.15, 0.2) is 35.9 Å². The number of benzene rings is 1. The van der Waals surface area contributed by atoms with Crippen LogP contribution in [0.4, 0.5) is 0 Å². The summed E-state index contributed by atoms with van der Waals surface area (Å²) in [7, 11) is 1.57. The van der Waals surface area contributed by atoms with E-state index in [1.54, 1.807) is 13.2 Å². The van der Waals surface area contributed by atoms with Gasteiger partial charge in [-0.3, -0.25) is 9.59 Å². The summed E-state index contributed by atoms with van der Waals surface area (Å²) >= 11 is 0. The molecule has 0 aliphatic heterocycles. The first-order valence-electron chi connectivity index (χ1n) is 6.66. The van der Waals surface area contributed by atoms with Gasteiger partial charge < -0.3 is 9.47 Å². The Morgan fingerprint density at radius 3 is 2.80 bits per heavy atom. The lowest BCUT2D eigenvalue weighted by atomic mass is 9.90. The van der Waals surface area contributed by atoms with Crippen LogP contribution in [-0.2, 0) is 14.3 Å². The molecule has 1 aliphatic carbocycles. The molecule has 1 aromatic rings. The number of carbonyl (C=O) groups excluding carboxylic acids is 2. The number of ketones is 1. The monoisotopic (exact) mass is 274 g/mol. The van der Waals surface area contributed by atoms with Crippen molar-refractivity contribution in [1.29, 1.82) is 0 Å². The average Bonchev–Trinajstić information content (AvgIpc) is 2.45. The van der Waals surface area contributed by atoms with Gasteiger partial charge in [-0.15, -0.1) is 0 Å². The van der Waals surface area contributed by atoms with Crippen molar-refractivity contribution in [3.05, 3.63) is 41.5 Å². The molecule has 0 bridgehead atoms. The molecule has 4 heteroatoms. The lowest BCUT2D eigenvalue weighted by Gasteiger charge is -2.22. The zero-order valence-electron chi connectivity index (χ0n) is 11.7. The number of carbonyl (C=O) groups is 2. The molecule has 1 atom stereocenters. The lowest BCUT2D eigenvalue weighted by molar-refractivity contribution is -0.145. The maximum atomic E-state index is 12.1. The zero-order chi connectivity index (χ0) is 14.5. The van der Waals surface area contributed by atoms with Crippen molar-refractivity contribution >= 4 is 11.8 Å². The van der Waals surface area contributed by atoms with Gasteiger partial charge in [-0.25, -0.2) is 0 Å². The van der Waals surface area contributed by atoms with Crippen molar-refractivity contribution in [3.8, 4) is 5.75 Å². The van der Waals surface area contributed by atoms with Gasteiger partial charge in [-0.2, -0.15) is 0 Å². The van der Waals surface area contributed by atoms with Crippen LogP contribution in [-0.4, -0.2) is 18.9 Å². The Bertz CT molecular complexity index is 545. The van der Waals surface area contributed by atoms with Crippen LogP contribution in [0.25, 0.3) is 0 Å². The largest absolute Gasteiger partial charge is 0.497 e. The van der Waals surface area contributed by atoms with Gasteiger partial charge in [-0.05, 0) is 25.0 Å². The van der Waals surface area contributed by atoms with E-state index in [2.05, 4.69) is 0 Å². The van der Waals surface area contributed by atoms with E-state index in [0.29, 0.717) is 17.7 Å². The molecule has 0 amide bonds. The van der Waals surface area contributed by atoms with Gasteiger partial charge in [0.25, 0.3) is 0 Å². The number of allylic oxidation sites excluding steroid dienone is 1. The van der Waals surface area contributed by atoms with Crippen molar-refractivity contribution in [2.24, 2.45) is 0 Å². The number of methoxy groups -OCH3 is 1. The van der Waals surface area contributed by atoms with Crippen LogP contribution in [0.2, 0.25) is 0 Å². The van der Waals surface area contributed by atoms with Gasteiger partial charge in [0.05, 0.1) is 7.11 Å². The SMILES string of the molecule is COc1cccc(C(OC(C)=O)C2=CCCCC2=O)c1. The summed E-state index contributed by atoms with van der Waals surface area (Å²) in [6.45, 7) is 1.35. The highest BCUT2D eigenvalue weighted by Crippen LogP contribution is 2.32. The van der Waals surface area contributed by atoms with Gasteiger partial charge in [0.15, 0.2) is 11.9 Å². The smallest absolute Gasteiger partial charge is 0.303 e. The molecule has 0 fully saturated rings. The van der Waals surface area contributed by atoms with E-state index in [1.807, 2.05) is 24.3 Å². The van der Waals surface area contributed by atoms with E-state index in [9.17, 15) is 9.59 Å². The van der Waals surface area contributed by atoms with E-state index in [1.165, 1.54) is 6.92 Å². The number of Topliss-reactive ketones (excluding diaryl/α,β-unsaturated/α-hetero) is 1. The minimum Gasteiger partial charge on any atom is -0.497 e. The first-order valence-corrected chi connectivity index (χ1v) is 6.66. The Morgan fingerprint density at radius 1 is 1.35 bits per heavy atom. The number of hydrogen-bond acceptors (Lipinski definition) is 4.